The molecular weight excluding hydrogens is 384 g/mol. The van der Waals surface area contributed by atoms with E-state index in [-0.39, 0.29) is 14.9 Å². The van der Waals surface area contributed by atoms with Gasteiger partial charge in [-0.15, -0.1) is 0 Å². The second-order valence-electron chi connectivity index (χ2n) is 9.25. The zero-order chi connectivity index (χ0) is 21.2. The number of hydrogen-bond donors (Lipinski definition) is 0. The molecule has 4 nitrogen and oxygen atoms in total. The van der Waals surface area contributed by atoms with Crippen LogP contribution in [-0.2, 0) is 9.47 Å². The highest BCUT2D eigenvalue weighted by Gasteiger charge is 2.20. The fourth-order valence-electron chi connectivity index (χ4n) is 4.15. The fraction of sp³-hybridized carbons (Fsp3) is 1.00. The predicted molar refractivity (Wildman–Crippen MR) is 139 cm³/mol. The third-order valence-corrected chi connectivity index (χ3v) is 6.46. The second-order valence-corrected chi connectivity index (χ2v) is 9.25. The molecule has 2 saturated heterocycles. The Morgan fingerprint density at radius 1 is 0.677 bits per heavy atom. The number of nitrogens with zero attached hydrogens (tertiary/aromatic N) is 2. The summed E-state index contributed by atoms with van der Waals surface area (Å²) in [4.78, 5) is 4.91. The van der Waals surface area contributed by atoms with Gasteiger partial charge < -0.3 is 19.3 Å². The Hall–Kier alpha value is -0.160. The van der Waals surface area contributed by atoms with Crippen molar-refractivity contribution in [1.82, 2.24) is 9.80 Å². The number of methoxy groups -OCH3 is 2. The summed E-state index contributed by atoms with van der Waals surface area (Å²) in [6, 6.07) is 0. The molecule has 0 atom stereocenters. The topological polar surface area (TPSA) is 24.9 Å². The Labute approximate surface area is 197 Å². The molecule has 0 unspecified atom stereocenters. The smallest absolute Gasteiger partial charge is 0.0571 e. The van der Waals surface area contributed by atoms with Crippen molar-refractivity contribution in [2.45, 2.75) is 111 Å². The molecule has 0 aromatic carbocycles. The van der Waals surface area contributed by atoms with E-state index in [2.05, 4.69) is 23.8 Å². The SMILES string of the molecule is C.C.CCN1CCCCC1.CN1CCCCC1.COC1CCCCC1.COCC1CC1. The zero-order valence-electron chi connectivity index (χ0n) is 20.3. The molecule has 4 heteroatoms. The van der Waals surface area contributed by atoms with Crippen LogP contribution in [0.4, 0.5) is 0 Å². The van der Waals surface area contributed by atoms with E-state index in [1.54, 1.807) is 7.11 Å². The van der Waals surface area contributed by atoms with Gasteiger partial charge in [0.15, 0.2) is 0 Å². The quantitative estimate of drug-likeness (QED) is 0.472. The minimum Gasteiger partial charge on any atom is -0.384 e. The largest absolute Gasteiger partial charge is 0.384 e. The van der Waals surface area contributed by atoms with Gasteiger partial charge in [-0.2, -0.15) is 0 Å². The molecule has 2 aliphatic carbocycles. The average Bonchev–Trinajstić information content (AvgIpc) is 3.61. The van der Waals surface area contributed by atoms with Crippen LogP contribution in [0, 0.1) is 5.92 Å². The van der Waals surface area contributed by atoms with Crippen LogP contribution in [0.2, 0.25) is 0 Å². The number of rotatable bonds is 4. The molecule has 0 radical (unpaired) electrons. The summed E-state index contributed by atoms with van der Waals surface area (Å²) in [6.07, 6.45) is 18.7. The fourth-order valence-corrected chi connectivity index (χ4v) is 4.15. The first kappa shape index (κ1) is 33.0. The lowest BCUT2D eigenvalue weighted by molar-refractivity contribution is 0.0710. The van der Waals surface area contributed by atoms with Gasteiger partial charge in [-0.3, -0.25) is 0 Å². The molecule has 0 aromatic heterocycles. The molecule has 2 saturated carbocycles. The summed E-state index contributed by atoms with van der Waals surface area (Å²) in [5, 5.41) is 0. The van der Waals surface area contributed by atoms with Crippen molar-refractivity contribution < 1.29 is 9.47 Å². The van der Waals surface area contributed by atoms with E-state index in [4.69, 9.17) is 9.47 Å². The Kier molecular flexibility index (Phi) is 24.5. The highest BCUT2D eigenvalue weighted by atomic mass is 16.5. The van der Waals surface area contributed by atoms with Gasteiger partial charge in [-0.05, 0) is 97.1 Å². The van der Waals surface area contributed by atoms with Gasteiger partial charge in [0, 0.05) is 20.8 Å². The Morgan fingerprint density at radius 3 is 1.42 bits per heavy atom. The molecule has 190 valence electrons. The van der Waals surface area contributed by atoms with E-state index in [1.165, 1.54) is 116 Å². The van der Waals surface area contributed by atoms with E-state index in [0.717, 1.165) is 12.5 Å². The Balaban J connectivity index is 0. The molecule has 0 amide bonds. The maximum absolute atomic E-state index is 5.19. The summed E-state index contributed by atoms with van der Waals surface area (Å²) in [7, 11) is 5.77. The van der Waals surface area contributed by atoms with Crippen molar-refractivity contribution in [3.8, 4) is 0 Å². The summed E-state index contributed by atoms with van der Waals surface area (Å²) in [6.45, 7) is 9.80. The number of hydrogen-bond acceptors (Lipinski definition) is 4. The molecule has 31 heavy (non-hydrogen) atoms. The van der Waals surface area contributed by atoms with Gasteiger partial charge in [0.1, 0.15) is 0 Å². The van der Waals surface area contributed by atoms with E-state index >= 15 is 0 Å². The van der Waals surface area contributed by atoms with Crippen molar-refractivity contribution in [2.24, 2.45) is 5.92 Å². The first-order chi connectivity index (χ1) is 14.2. The molecular formula is C27H60N2O2. The van der Waals surface area contributed by atoms with Crippen molar-refractivity contribution in [2.75, 3.05) is 60.6 Å². The summed E-state index contributed by atoms with van der Waals surface area (Å²) in [5.41, 5.74) is 0. The maximum atomic E-state index is 5.19. The number of piperidine rings is 2. The van der Waals surface area contributed by atoms with Gasteiger partial charge in [-0.25, -0.2) is 0 Å². The minimum absolute atomic E-state index is 0. The van der Waals surface area contributed by atoms with Gasteiger partial charge in [0.05, 0.1) is 6.10 Å². The molecule has 0 N–H and O–H groups in total. The van der Waals surface area contributed by atoms with Crippen LogP contribution >= 0.6 is 0 Å². The van der Waals surface area contributed by atoms with Crippen molar-refractivity contribution >= 4 is 0 Å². The highest BCUT2D eigenvalue weighted by Crippen LogP contribution is 2.28. The monoisotopic (exact) mass is 444 g/mol. The third-order valence-electron chi connectivity index (χ3n) is 6.46. The molecule has 0 spiro atoms. The summed E-state index contributed by atoms with van der Waals surface area (Å²) < 4.78 is 10.1. The van der Waals surface area contributed by atoms with Crippen LogP contribution in [0.5, 0.6) is 0 Å². The van der Waals surface area contributed by atoms with Crippen LogP contribution in [0.3, 0.4) is 0 Å². The lowest BCUT2D eigenvalue weighted by Gasteiger charge is -2.24. The van der Waals surface area contributed by atoms with Crippen LogP contribution in [0.1, 0.15) is 105 Å². The zero-order valence-corrected chi connectivity index (χ0v) is 20.3. The molecule has 4 rings (SSSR count). The van der Waals surface area contributed by atoms with Crippen LogP contribution < -0.4 is 0 Å². The Morgan fingerprint density at radius 2 is 1.16 bits per heavy atom. The highest BCUT2D eigenvalue weighted by molar-refractivity contribution is 4.71. The first-order valence-corrected chi connectivity index (χ1v) is 12.6. The van der Waals surface area contributed by atoms with Crippen molar-refractivity contribution in [3.63, 3.8) is 0 Å². The third kappa shape index (κ3) is 20.2. The summed E-state index contributed by atoms with van der Waals surface area (Å²) >= 11 is 0. The average molecular weight is 445 g/mol. The van der Waals surface area contributed by atoms with Crippen LogP contribution in [0.15, 0.2) is 0 Å². The van der Waals surface area contributed by atoms with Crippen LogP contribution in [0.25, 0.3) is 0 Å². The molecule has 0 bridgehead atoms. The van der Waals surface area contributed by atoms with E-state index in [9.17, 15) is 0 Å². The molecule has 4 fully saturated rings. The lowest BCUT2D eigenvalue weighted by atomic mass is 9.98. The number of ether oxygens (including phenoxy) is 2. The first-order valence-electron chi connectivity index (χ1n) is 12.6. The van der Waals surface area contributed by atoms with Gasteiger partial charge in [0.2, 0.25) is 0 Å². The van der Waals surface area contributed by atoms with Gasteiger partial charge >= 0.3 is 0 Å². The van der Waals surface area contributed by atoms with E-state index in [1.807, 2.05) is 7.11 Å². The lowest BCUT2D eigenvalue weighted by Crippen LogP contribution is -2.29. The van der Waals surface area contributed by atoms with Gasteiger partial charge in [0.25, 0.3) is 0 Å². The van der Waals surface area contributed by atoms with Crippen molar-refractivity contribution in [1.29, 1.82) is 0 Å². The normalized spacial score (nSPS) is 22.1. The standard InChI is InChI=1S/C7H15N.C7H14O.C6H13N.C5H10O.2CH4/c1-2-8-6-4-3-5-7-8;1-8-7-5-3-2-4-6-7;1-7-5-3-2-4-6-7;1-6-4-5-2-3-5;;/h2-7H2,1H3;7H,2-6H2,1H3;2-6H2,1H3;5H,2-4H2,1H3;2*1H4. The Bertz CT molecular complexity index is 314. The van der Waals surface area contributed by atoms with Crippen LogP contribution in [-0.4, -0.2) is 76.5 Å². The second kappa shape index (κ2) is 23.0. The minimum atomic E-state index is 0. The van der Waals surface area contributed by atoms with Crippen molar-refractivity contribution in [3.05, 3.63) is 0 Å². The van der Waals surface area contributed by atoms with E-state index in [0.29, 0.717) is 6.10 Å². The predicted octanol–water partition coefficient (Wildman–Crippen LogP) is 6.87. The maximum Gasteiger partial charge on any atom is 0.0571 e. The summed E-state index contributed by atoms with van der Waals surface area (Å²) in [5.74, 6) is 0.926. The molecule has 2 heterocycles. The molecule has 4 aliphatic rings. The molecule has 0 aromatic rings. The number of likely N-dealkylation sites (tertiary alicyclic amines) is 2. The van der Waals surface area contributed by atoms with Gasteiger partial charge in [-0.1, -0.05) is 53.9 Å². The van der Waals surface area contributed by atoms with E-state index < -0.39 is 0 Å². The molecule has 2 aliphatic heterocycles.